The number of ether oxygens (including phenoxy) is 1. The molecule has 1 aliphatic carbocycles. The van der Waals surface area contributed by atoms with Crippen LogP contribution in [0.3, 0.4) is 0 Å². The minimum Gasteiger partial charge on any atom is -0.489 e. The normalized spacial score (nSPS) is 13.7. The molecule has 6 nitrogen and oxygen atoms in total. The van der Waals surface area contributed by atoms with Crippen LogP contribution in [0.2, 0.25) is 0 Å². The smallest absolute Gasteiger partial charge is 0.368 e. The Hall–Kier alpha value is -2.89. The van der Waals surface area contributed by atoms with Crippen LogP contribution in [-0.4, -0.2) is 19.8 Å². The highest BCUT2D eigenvalue weighted by Gasteiger charge is 2.26. The molecule has 1 heterocycles. The second-order valence-electron chi connectivity index (χ2n) is 7.06. The quantitative estimate of drug-likeness (QED) is 0.645. The van der Waals surface area contributed by atoms with Crippen LogP contribution in [0, 0.1) is 0 Å². The molecule has 0 spiro atoms. The van der Waals surface area contributed by atoms with E-state index in [1.165, 1.54) is 33.3 Å². The fourth-order valence-corrected chi connectivity index (χ4v) is 3.45. The zero-order valence-electron chi connectivity index (χ0n) is 15.8. The molecule has 0 radical (unpaired) electrons. The van der Waals surface area contributed by atoms with Gasteiger partial charge in [-0.1, -0.05) is 43.7 Å². The molecule has 1 saturated carbocycles. The van der Waals surface area contributed by atoms with E-state index in [-0.39, 0.29) is 5.69 Å². The van der Waals surface area contributed by atoms with Gasteiger partial charge in [0.1, 0.15) is 12.4 Å². The van der Waals surface area contributed by atoms with Crippen LogP contribution in [0.15, 0.2) is 47.3 Å². The summed E-state index contributed by atoms with van der Waals surface area (Å²) in [6.07, 6.45) is 4.40. The largest absolute Gasteiger partial charge is 0.489 e. The van der Waals surface area contributed by atoms with Crippen LogP contribution in [0.4, 0.5) is 0 Å². The first-order valence-corrected chi connectivity index (χ1v) is 9.51. The Morgan fingerprint density at radius 1 is 1.11 bits per heavy atom. The number of hydrogen-bond donors (Lipinski definition) is 0. The van der Waals surface area contributed by atoms with E-state index in [1.54, 1.807) is 7.05 Å². The summed E-state index contributed by atoms with van der Waals surface area (Å²) in [6.45, 7) is 2.55. The molecule has 0 aliphatic heterocycles. The van der Waals surface area contributed by atoms with Gasteiger partial charge in [-0.25, -0.2) is 4.79 Å². The van der Waals surface area contributed by atoms with Crippen molar-refractivity contribution in [1.29, 1.82) is 0 Å². The Labute approximate surface area is 158 Å². The van der Waals surface area contributed by atoms with E-state index in [0.717, 1.165) is 29.8 Å². The fourth-order valence-electron chi connectivity index (χ4n) is 3.45. The highest BCUT2D eigenvalue weighted by molar-refractivity contribution is 5.46. The van der Waals surface area contributed by atoms with Crippen LogP contribution in [0.25, 0.3) is 5.69 Å². The van der Waals surface area contributed by atoms with Crippen molar-refractivity contribution >= 4 is 0 Å². The SMILES string of the molecule is CCCc1cccc(-n2nnn(C)c2=O)c1COc1ccccc1C1CC1. The van der Waals surface area contributed by atoms with Crippen LogP contribution >= 0.6 is 0 Å². The molecular weight excluding hydrogens is 340 g/mol. The topological polar surface area (TPSA) is 61.9 Å². The number of aryl methyl sites for hydroxylation is 2. The predicted octanol–water partition coefficient (Wildman–Crippen LogP) is 3.37. The lowest BCUT2D eigenvalue weighted by molar-refractivity contribution is 0.301. The van der Waals surface area contributed by atoms with Crippen molar-refractivity contribution in [1.82, 2.24) is 19.8 Å². The third kappa shape index (κ3) is 3.52. The number of nitrogens with zero attached hydrogens (tertiary/aromatic N) is 4. The fraction of sp³-hybridized carbons (Fsp3) is 0.381. The first kappa shape index (κ1) is 17.5. The molecule has 6 heteroatoms. The van der Waals surface area contributed by atoms with E-state index in [0.29, 0.717) is 12.5 Å². The molecule has 1 aromatic heterocycles. The van der Waals surface area contributed by atoms with Gasteiger partial charge in [0.15, 0.2) is 0 Å². The predicted molar refractivity (Wildman–Crippen MR) is 103 cm³/mol. The van der Waals surface area contributed by atoms with Crippen molar-refractivity contribution in [2.45, 2.75) is 45.1 Å². The van der Waals surface area contributed by atoms with Crippen molar-refractivity contribution in [2.75, 3.05) is 0 Å². The molecular formula is C21H24N4O2. The minimum atomic E-state index is -0.261. The summed E-state index contributed by atoms with van der Waals surface area (Å²) in [5.74, 6) is 1.55. The standard InChI is InChI=1S/C21H24N4O2/c1-3-7-15-8-6-10-19(25-21(26)24(2)22-23-25)18(15)14-27-20-11-5-4-9-17(20)16-12-13-16/h4-6,8-11,16H,3,7,12-14H2,1-2H3. The van der Waals surface area contributed by atoms with E-state index in [9.17, 15) is 4.79 Å². The summed E-state index contributed by atoms with van der Waals surface area (Å²) in [5.41, 5.74) is 3.93. The third-order valence-electron chi connectivity index (χ3n) is 5.03. The number of rotatable bonds is 7. The Bertz CT molecular complexity index is 1000. The van der Waals surface area contributed by atoms with Gasteiger partial charge in [0.05, 0.1) is 5.69 Å². The van der Waals surface area contributed by atoms with Gasteiger partial charge in [-0.05, 0) is 58.9 Å². The van der Waals surface area contributed by atoms with Gasteiger partial charge in [-0.15, -0.1) is 0 Å². The summed E-state index contributed by atoms with van der Waals surface area (Å²) >= 11 is 0. The summed E-state index contributed by atoms with van der Waals surface area (Å²) in [4.78, 5) is 12.4. The maximum absolute atomic E-state index is 12.4. The van der Waals surface area contributed by atoms with Gasteiger partial charge in [-0.3, -0.25) is 0 Å². The lowest BCUT2D eigenvalue weighted by Crippen LogP contribution is -2.23. The van der Waals surface area contributed by atoms with E-state index >= 15 is 0 Å². The van der Waals surface area contributed by atoms with Crippen molar-refractivity contribution in [2.24, 2.45) is 7.05 Å². The van der Waals surface area contributed by atoms with E-state index < -0.39 is 0 Å². The molecule has 0 unspecified atom stereocenters. The van der Waals surface area contributed by atoms with Gasteiger partial charge in [-0.2, -0.15) is 9.36 Å². The van der Waals surface area contributed by atoms with Crippen LogP contribution in [0.5, 0.6) is 5.75 Å². The molecule has 0 atom stereocenters. The molecule has 1 fully saturated rings. The molecule has 0 N–H and O–H groups in total. The summed E-state index contributed by atoms with van der Waals surface area (Å²) in [7, 11) is 1.60. The summed E-state index contributed by atoms with van der Waals surface area (Å²) in [6, 6.07) is 14.2. The Morgan fingerprint density at radius 3 is 2.63 bits per heavy atom. The van der Waals surface area contributed by atoms with Gasteiger partial charge in [0.2, 0.25) is 0 Å². The van der Waals surface area contributed by atoms with E-state index in [4.69, 9.17) is 4.74 Å². The molecule has 4 rings (SSSR count). The summed E-state index contributed by atoms with van der Waals surface area (Å²) < 4.78 is 8.84. The van der Waals surface area contributed by atoms with Gasteiger partial charge < -0.3 is 4.74 Å². The van der Waals surface area contributed by atoms with Gasteiger partial charge in [0, 0.05) is 12.6 Å². The first-order chi connectivity index (χ1) is 13.2. The molecule has 2 aromatic carbocycles. The van der Waals surface area contributed by atoms with Crippen molar-refractivity contribution in [3.05, 3.63) is 69.6 Å². The van der Waals surface area contributed by atoms with Crippen LogP contribution < -0.4 is 10.4 Å². The Kier molecular flexibility index (Phi) is 4.79. The number of tetrazole rings is 1. The monoisotopic (exact) mass is 364 g/mol. The molecule has 1 aliphatic rings. The zero-order valence-corrected chi connectivity index (χ0v) is 15.8. The average molecular weight is 364 g/mol. The van der Waals surface area contributed by atoms with Crippen molar-refractivity contribution in [3.8, 4) is 11.4 Å². The molecule has 0 amide bonds. The Balaban J connectivity index is 1.70. The highest BCUT2D eigenvalue weighted by atomic mass is 16.5. The lowest BCUT2D eigenvalue weighted by Gasteiger charge is -2.16. The second-order valence-corrected chi connectivity index (χ2v) is 7.06. The molecule has 3 aromatic rings. The molecule has 0 saturated heterocycles. The van der Waals surface area contributed by atoms with Crippen LogP contribution in [-0.2, 0) is 20.1 Å². The number of benzene rings is 2. The van der Waals surface area contributed by atoms with Crippen molar-refractivity contribution in [3.63, 3.8) is 0 Å². The van der Waals surface area contributed by atoms with Gasteiger partial charge in [0.25, 0.3) is 0 Å². The number of para-hydroxylation sites is 1. The average Bonchev–Trinajstić information content (AvgIpc) is 3.47. The van der Waals surface area contributed by atoms with E-state index in [1.807, 2.05) is 24.3 Å². The number of aromatic nitrogens is 4. The third-order valence-corrected chi connectivity index (χ3v) is 5.03. The minimum absolute atomic E-state index is 0.261. The summed E-state index contributed by atoms with van der Waals surface area (Å²) in [5, 5.41) is 7.87. The number of hydrogen-bond acceptors (Lipinski definition) is 4. The maximum Gasteiger partial charge on any atom is 0.368 e. The highest BCUT2D eigenvalue weighted by Crippen LogP contribution is 2.44. The lowest BCUT2D eigenvalue weighted by atomic mass is 10.0. The molecule has 0 bridgehead atoms. The van der Waals surface area contributed by atoms with E-state index in [2.05, 4.69) is 35.5 Å². The van der Waals surface area contributed by atoms with Crippen molar-refractivity contribution < 1.29 is 4.74 Å². The molecule has 140 valence electrons. The Morgan fingerprint density at radius 2 is 1.93 bits per heavy atom. The van der Waals surface area contributed by atoms with Crippen LogP contribution in [0.1, 0.15) is 48.8 Å². The first-order valence-electron chi connectivity index (χ1n) is 9.51. The second kappa shape index (κ2) is 7.39. The van der Waals surface area contributed by atoms with Gasteiger partial charge >= 0.3 is 5.69 Å². The zero-order chi connectivity index (χ0) is 18.8. The maximum atomic E-state index is 12.4. The molecule has 27 heavy (non-hydrogen) atoms.